The predicted molar refractivity (Wildman–Crippen MR) is 91.4 cm³/mol. The van der Waals surface area contributed by atoms with E-state index in [-0.39, 0.29) is 35.0 Å². The van der Waals surface area contributed by atoms with Gasteiger partial charge in [0.2, 0.25) is 11.6 Å². The molecule has 0 aromatic rings. The molecule has 4 nitrogen and oxygen atoms in total. The maximum atomic E-state index is 13.0. The van der Waals surface area contributed by atoms with Crippen LogP contribution < -0.4 is 0 Å². The highest BCUT2D eigenvalue weighted by molar-refractivity contribution is 6.50. The van der Waals surface area contributed by atoms with Crippen LogP contribution in [-0.4, -0.2) is 27.9 Å². The first-order valence-corrected chi connectivity index (χ1v) is 8.96. The summed E-state index contributed by atoms with van der Waals surface area (Å²) in [5.74, 6) is -1.40. The molecular formula is C20H28O4. The topological polar surface area (TPSA) is 74.6 Å². The molecule has 1 saturated carbocycles. The van der Waals surface area contributed by atoms with Crippen molar-refractivity contribution in [3.05, 3.63) is 22.5 Å². The summed E-state index contributed by atoms with van der Waals surface area (Å²) in [5.41, 5.74) is 0.511. The summed E-state index contributed by atoms with van der Waals surface area (Å²) in [6.45, 7) is 9.86. The van der Waals surface area contributed by atoms with E-state index in [1.807, 2.05) is 6.92 Å². The largest absolute Gasteiger partial charge is 0.507 e. The van der Waals surface area contributed by atoms with Gasteiger partial charge in [-0.1, -0.05) is 41.0 Å². The fourth-order valence-electron chi connectivity index (χ4n) is 5.74. The average molecular weight is 332 g/mol. The molecule has 3 aliphatic rings. The van der Waals surface area contributed by atoms with Crippen molar-refractivity contribution < 1.29 is 19.8 Å². The molecular weight excluding hydrogens is 304 g/mol. The predicted octanol–water partition coefficient (Wildman–Crippen LogP) is 3.50. The van der Waals surface area contributed by atoms with Gasteiger partial charge in [0.15, 0.2) is 0 Å². The number of ketones is 2. The Labute approximate surface area is 143 Å². The Morgan fingerprint density at radius 1 is 1.08 bits per heavy atom. The smallest absolute Gasteiger partial charge is 0.233 e. The molecule has 3 atom stereocenters. The van der Waals surface area contributed by atoms with Gasteiger partial charge in [-0.2, -0.15) is 0 Å². The molecule has 0 spiro atoms. The quantitative estimate of drug-likeness (QED) is 0.569. The second-order valence-corrected chi connectivity index (χ2v) is 8.94. The zero-order chi connectivity index (χ0) is 18.0. The lowest BCUT2D eigenvalue weighted by molar-refractivity contribution is -0.136. The Bertz CT molecular complexity index is 680. The van der Waals surface area contributed by atoms with Gasteiger partial charge in [0.25, 0.3) is 0 Å². The molecule has 0 amide bonds. The maximum Gasteiger partial charge on any atom is 0.233 e. The summed E-state index contributed by atoms with van der Waals surface area (Å²) in [4.78, 5) is 25.6. The van der Waals surface area contributed by atoms with Crippen LogP contribution in [0, 0.1) is 22.7 Å². The third-order valence-electron chi connectivity index (χ3n) is 6.51. The number of carbonyl (C=O) groups excluding carboxylic acids is 2. The molecule has 132 valence electrons. The van der Waals surface area contributed by atoms with Crippen LogP contribution in [0.3, 0.4) is 0 Å². The third kappa shape index (κ3) is 2.15. The van der Waals surface area contributed by atoms with Gasteiger partial charge in [0.05, 0.1) is 6.10 Å². The lowest BCUT2D eigenvalue weighted by atomic mass is 9.48. The molecule has 0 bridgehead atoms. The molecule has 1 fully saturated rings. The van der Waals surface area contributed by atoms with E-state index in [0.29, 0.717) is 11.1 Å². The summed E-state index contributed by atoms with van der Waals surface area (Å²) in [7, 11) is 0. The minimum Gasteiger partial charge on any atom is -0.507 e. The number of aliphatic hydroxyl groups excluding tert-OH is 2. The molecule has 0 aromatic carbocycles. The second-order valence-electron chi connectivity index (χ2n) is 8.94. The SMILES string of the molecule is CC(C)C1=C(O)C2=C(C(=O)C1=O)[C@@]1(C)CCCC(C)(C)C1C(O)C2. The zero-order valence-corrected chi connectivity index (χ0v) is 15.3. The number of allylic oxidation sites excluding steroid dienone is 3. The first-order valence-electron chi connectivity index (χ1n) is 8.96. The van der Waals surface area contributed by atoms with E-state index in [1.54, 1.807) is 13.8 Å². The molecule has 0 saturated heterocycles. The summed E-state index contributed by atoms with van der Waals surface area (Å²) in [6.07, 6.45) is 2.35. The van der Waals surface area contributed by atoms with Crippen molar-refractivity contribution in [1.82, 2.24) is 0 Å². The van der Waals surface area contributed by atoms with Crippen LogP contribution in [-0.2, 0) is 9.59 Å². The molecule has 3 aliphatic carbocycles. The Hall–Kier alpha value is -1.42. The second kappa shape index (κ2) is 5.29. The van der Waals surface area contributed by atoms with Crippen molar-refractivity contribution in [2.75, 3.05) is 0 Å². The first-order chi connectivity index (χ1) is 11.0. The normalized spacial score (nSPS) is 36.1. The highest BCUT2D eigenvalue weighted by atomic mass is 16.3. The summed E-state index contributed by atoms with van der Waals surface area (Å²) >= 11 is 0. The molecule has 2 N–H and O–H groups in total. The van der Waals surface area contributed by atoms with Gasteiger partial charge in [-0.3, -0.25) is 9.59 Å². The maximum absolute atomic E-state index is 13.0. The molecule has 0 aliphatic heterocycles. The fraction of sp³-hybridized carbons (Fsp3) is 0.700. The monoisotopic (exact) mass is 332 g/mol. The fourth-order valence-corrected chi connectivity index (χ4v) is 5.74. The van der Waals surface area contributed by atoms with E-state index in [0.717, 1.165) is 19.3 Å². The number of hydrogen-bond donors (Lipinski definition) is 2. The van der Waals surface area contributed by atoms with E-state index in [9.17, 15) is 19.8 Å². The van der Waals surface area contributed by atoms with Crippen molar-refractivity contribution >= 4 is 11.6 Å². The van der Waals surface area contributed by atoms with Gasteiger partial charge in [-0.25, -0.2) is 0 Å². The third-order valence-corrected chi connectivity index (χ3v) is 6.51. The van der Waals surface area contributed by atoms with E-state index in [4.69, 9.17) is 0 Å². The molecule has 0 aromatic heterocycles. The van der Waals surface area contributed by atoms with E-state index in [1.165, 1.54) is 0 Å². The highest BCUT2D eigenvalue weighted by Crippen LogP contribution is 2.61. The van der Waals surface area contributed by atoms with Crippen molar-refractivity contribution in [3.8, 4) is 0 Å². The lowest BCUT2D eigenvalue weighted by Gasteiger charge is -2.56. The van der Waals surface area contributed by atoms with E-state index in [2.05, 4.69) is 13.8 Å². The number of carbonyl (C=O) groups is 2. The molecule has 3 rings (SSSR count). The van der Waals surface area contributed by atoms with Crippen LogP contribution in [0.15, 0.2) is 22.5 Å². The van der Waals surface area contributed by atoms with Gasteiger partial charge < -0.3 is 10.2 Å². The van der Waals surface area contributed by atoms with Gasteiger partial charge in [-0.15, -0.1) is 0 Å². The van der Waals surface area contributed by atoms with Gasteiger partial charge >= 0.3 is 0 Å². The van der Waals surface area contributed by atoms with Crippen molar-refractivity contribution in [1.29, 1.82) is 0 Å². The Morgan fingerprint density at radius 3 is 2.29 bits per heavy atom. The van der Waals surface area contributed by atoms with Crippen molar-refractivity contribution in [2.45, 2.75) is 66.4 Å². The zero-order valence-electron chi connectivity index (χ0n) is 15.3. The number of aliphatic hydroxyl groups is 2. The number of hydrogen-bond acceptors (Lipinski definition) is 4. The molecule has 24 heavy (non-hydrogen) atoms. The number of fused-ring (bicyclic) bond motifs is 2. The van der Waals surface area contributed by atoms with Crippen LogP contribution >= 0.6 is 0 Å². The minimum atomic E-state index is -0.611. The van der Waals surface area contributed by atoms with Crippen LogP contribution in [0.4, 0.5) is 0 Å². The average Bonchev–Trinajstić information content (AvgIpc) is 2.42. The van der Waals surface area contributed by atoms with Crippen LogP contribution in [0.2, 0.25) is 0 Å². The van der Waals surface area contributed by atoms with Gasteiger partial charge in [0, 0.05) is 28.6 Å². The summed E-state index contributed by atoms with van der Waals surface area (Å²) < 4.78 is 0. The highest BCUT2D eigenvalue weighted by Gasteiger charge is 2.58. The summed E-state index contributed by atoms with van der Waals surface area (Å²) in [5, 5.41) is 21.6. The first kappa shape index (κ1) is 17.4. The molecule has 0 radical (unpaired) electrons. The van der Waals surface area contributed by atoms with Gasteiger partial charge in [-0.05, 0) is 30.1 Å². The van der Waals surface area contributed by atoms with Crippen molar-refractivity contribution in [3.63, 3.8) is 0 Å². The molecule has 2 unspecified atom stereocenters. The van der Waals surface area contributed by atoms with E-state index < -0.39 is 23.1 Å². The minimum absolute atomic E-state index is 0.0632. The van der Waals surface area contributed by atoms with Crippen molar-refractivity contribution in [2.24, 2.45) is 22.7 Å². The Kier molecular flexibility index (Phi) is 3.83. The lowest BCUT2D eigenvalue weighted by Crippen LogP contribution is -2.55. The molecule has 0 heterocycles. The Balaban J connectivity index is 2.26. The number of rotatable bonds is 1. The van der Waals surface area contributed by atoms with Crippen LogP contribution in [0.5, 0.6) is 0 Å². The number of Topliss-reactive ketones (excluding diaryl/α,β-unsaturated/α-hetero) is 2. The Morgan fingerprint density at radius 2 is 1.71 bits per heavy atom. The van der Waals surface area contributed by atoms with E-state index >= 15 is 0 Å². The standard InChI is InChI=1S/C20H28O4/c1-10(2)13-15(22)11-9-12(21)18-19(3,4)7-6-8-20(18,5)14(11)17(24)16(13)23/h10,12,18,21-22H,6-9H2,1-5H3/t12?,18?,20-/m1/s1. The summed E-state index contributed by atoms with van der Waals surface area (Å²) in [6, 6.07) is 0. The van der Waals surface area contributed by atoms with Crippen LogP contribution in [0.25, 0.3) is 0 Å². The van der Waals surface area contributed by atoms with Gasteiger partial charge in [0.1, 0.15) is 5.76 Å². The van der Waals surface area contributed by atoms with Crippen LogP contribution in [0.1, 0.15) is 60.3 Å². The molecule has 4 heteroatoms.